The zero-order valence-corrected chi connectivity index (χ0v) is 21.8. The van der Waals surface area contributed by atoms with E-state index in [0.717, 1.165) is 16.5 Å². The highest BCUT2D eigenvalue weighted by atomic mass is 16.5. The number of H-pyrrole nitrogens is 1. The van der Waals surface area contributed by atoms with Gasteiger partial charge in [-0.05, 0) is 49.2 Å². The van der Waals surface area contributed by atoms with Crippen LogP contribution in [0.3, 0.4) is 0 Å². The molecule has 0 saturated carbocycles. The van der Waals surface area contributed by atoms with Crippen molar-refractivity contribution in [2.75, 3.05) is 14.2 Å². The number of esters is 1. The summed E-state index contributed by atoms with van der Waals surface area (Å²) in [5.41, 5.74) is 1.97. The number of aromatic amines is 1. The fourth-order valence-corrected chi connectivity index (χ4v) is 5.05. The van der Waals surface area contributed by atoms with Crippen LogP contribution in [0.4, 0.5) is 0 Å². The van der Waals surface area contributed by atoms with E-state index >= 15 is 0 Å². The molecular weight excluding hydrogens is 500 g/mol. The maximum absolute atomic E-state index is 13.9. The minimum absolute atomic E-state index is 0.0561. The van der Waals surface area contributed by atoms with Gasteiger partial charge in [-0.1, -0.05) is 18.2 Å². The molecule has 0 bridgehead atoms. The van der Waals surface area contributed by atoms with E-state index in [2.05, 4.69) is 4.98 Å². The Labute approximate surface area is 223 Å². The number of nitrogens with zero attached hydrogens (tertiary/aromatic N) is 1. The molecule has 0 saturated heterocycles. The Bertz CT molecular complexity index is 1810. The lowest BCUT2D eigenvalue weighted by Crippen LogP contribution is -2.30. The minimum atomic E-state index is -1.10. The van der Waals surface area contributed by atoms with Gasteiger partial charge < -0.3 is 28.5 Å². The SMILES string of the molecule is COC(=O)CC(c1coc2ccc(OC)cc2c1=O)c1c(O)cc(C)n(CCc2c[nH]c3ccccc23)c1=O. The first-order valence-electron chi connectivity index (χ1n) is 12.5. The van der Waals surface area contributed by atoms with Crippen LogP contribution in [-0.4, -0.2) is 34.8 Å². The smallest absolute Gasteiger partial charge is 0.306 e. The summed E-state index contributed by atoms with van der Waals surface area (Å²) in [5, 5.41) is 12.3. The molecule has 9 heteroatoms. The number of hydrogen-bond acceptors (Lipinski definition) is 7. The maximum Gasteiger partial charge on any atom is 0.306 e. The van der Waals surface area contributed by atoms with Crippen molar-refractivity contribution in [2.45, 2.75) is 32.2 Å². The highest BCUT2D eigenvalue weighted by Gasteiger charge is 2.29. The molecule has 200 valence electrons. The number of rotatable bonds is 8. The Morgan fingerprint density at radius 2 is 1.90 bits per heavy atom. The highest BCUT2D eigenvalue weighted by Crippen LogP contribution is 2.32. The van der Waals surface area contributed by atoms with Crippen molar-refractivity contribution in [3.8, 4) is 11.5 Å². The zero-order valence-electron chi connectivity index (χ0n) is 21.8. The van der Waals surface area contributed by atoms with Crippen LogP contribution in [0, 0.1) is 6.92 Å². The fourth-order valence-electron chi connectivity index (χ4n) is 5.05. The van der Waals surface area contributed by atoms with Gasteiger partial charge in [-0.3, -0.25) is 14.4 Å². The second-order valence-corrected chi connectivity index (χ2v) is 9.37. The Balaban J connectivity index is 1.62. The van der Waals surface area contributed by atoms with E-state index in [-0.39, 0.29) is 28.7 Å². The van der Waals surface area contributed by atoms with E-state index in [0.29, 0.717) is 30.0 Å². The lowest BCUT2D eigenvalue weighted by atomic mass is 9.88. The van der Waals surface area contributed by atoms with E-state index < -0.39 is 22.9 Å². The van der Waals surface area contributed by atoms with Gasteiger partial charge in [0, 0.05) is 40.8 Å². The Morgan fingerprint density at radius 3 is 2.67 bits per heavy atom. The number of fused-ring (bicyclic) bond motifs is 2. The average molecular weight is 529 g/mol. The standard InChI is InChI=1S/C30H28N2O7/c1-17-12-25(33)28(30(36)32(17)11-10-18-15-31-24-7-5-4-6-20(18)24)21(14-27(34)38-3)23-16-39-26-9-8-19(37-2)13-22(26)29(23)35/h4-9,12-13,15-16,21,31,33H,10-11,14H2,1-3H3. The Kier molecular flexibility index (Phi) is 6.98. The number of aromatic nitrogens is 2. The molecule has 0 aliphatic carbocycles. The molecule has 0 aliphatic heterocycles. The molecule has 0 amide bonds. The van der Waals surface area contributed by atoms with Crippen molar-refractivity contribution in [1.82, 2.24) is 9.55 Å². The molecule has 2 N–H and O–H groups in total. The number of aromatic hydroxyl groups is 1. The molecule has 5 rings (SSSR count). The van der Waals surface area contributed by atoms with Crippen LogP contribution in [0.2, 0.25) is 0 Å². The number of carbonyl (C=O) groups excluding carboxylic acids is 1. The predicted molar refractivity (Wildman–Crippen MR) is 147 cm³/mol. The van der Waals surface area contributed by atoms with Crippen LogP contribution >= 0.6 is 0 Å². The van der Waals surface area contributed by atoms with Gasteiger partial charge in [0.1, 0.15) is 17.1 Å². The molecular formula is C30H28N2O7. The Hall–Kier alpha value is -4.79. The minimum Gasteiger partial charge on any atom is -0.507 e. The Morgan fingerprint density at radius 1 is 1.10 bits per heavy atom. The first-order valence-corrected chi connectivity index (χ1v) is 12.5. The molecule has 0 fully saturated rings. The van der Waals surface area contributed by atoms with Gasteiger partial charge in [0.25, 0.3) is 5.56 Å². The van der Waals surface area contributed by atoms with Crippen molar-refractivity contribution >= 4 is 27.8 Å². The quantitative estimate of drug-likeness (QED) is 0.286. The van der Waals surface area contributed by atoms with Crippen molar-refractivity contribution in [2.24, 2.45) is 0 Å². The van der Waals surface area contributed by atoms with Crippen molar-refractivity contribution in [1.29, 1.82) is 0 Å². The van der Waals surface area contributed by atoms with Crippen molar-refractivity contribution < 1.29 is 23.8 Å². The van der Waals surface area contributed by atoms with E-state index in [9.17, 15) is 19.5 Å². The second-order valence-electron chi connectivity index (χ2n) is 9.37. The van der Waals surface area contributed by atoms with Gasteiger partial charge in [0.2, 0.25) is 0 Å². The van der Waals surface area contributed by atoms with Gasteiger partial charge >= 0.3 is 5.97 Å². The molecule has 1 atom stereocenters. The lowest BCUT2D eigenvalue weighted by molar-refractivity contribution is -0.140. The van der Waals surface area contributed by atoms with Gasteiger partial charge in [-0.15, -0.1) is 0 Å². The summed E-state index contributed by atoms with van der Waals surface area (Å²) in [5.74, 6) is -1.60. The van der Waals surface area contributed by atoms with Gasteiger partial charge in [0.05, 0.1) is 37.9 Å². The molecule has 9 nitrogen and oxygen atoms in total. The summed E-state index contributed by atoms with van der Waals surface area (Å²) in [7, 11) is 2.71. The molecule has 1 unspecified atom stereocenters. The van der Waals surface area contributed by atoms with Crippen LogP contribution in [0.1, 0.15) is 34.7 Å². The third kappa shape index (κ3) is 4.79. The number of methoxy groups -OCH3 is 2. The summed E-state index contributed by atoms with van der Waals surface area (Å²) in [6, 6.07) is 14.2. The first-order chi connectivity index (χ1) is 18.8. The number of nitrogens with one attached hydrogen (secondary N) is 1. The molecule has 2 aromatic carbocycles. The largest absolute Gasteiger partial charge is 0.507 e. The van der Waals surface area contributed by atoms with Crippen LogP contribution < -0.4 is 15.7 Å². The number of ether oxygens (including phenoxy) is 2. The molecule has 39 heavy (non-hydrogen) atoms. The first kappa shape index (κ1) is 25.8. The number of para-hydroxylation sites is 1. The van der Waals surface area contributed by atoms with E-state index in [1.54, 1.807) is 23.6 Å². The van der Waals surface area contributed by atoms with Crippen LogP contribution in [0.25, 0.3) is 21.9 Å². The number of aryl methyl sites for hydroxylation is 2. The summed E-state index contributed by atoms with van der Waals surface area (Å²) >= 11 is 0. The summed E-state index contributed by atoms with van der Waals surface area (Å²) < 4.78 is 17.4. The third-order valence-electron chi connectivity index (χ3n) is 7.13. The summed E-state index contributed by atoms with van der Waals surface area (Å²) in [6.45, 7) is 2.06. The fraction of sp³-hybridized carbons (Fsp3) is 0.233. The third-order valence-corrected chi connectivity index (χ3v) is 7.13. The van der Waals surface area contributed by atoms with Gasteiger partial charge in [-0.2, -0.15) is 0 Å². The molecule has 0 spiro atoms. The lowest BCUT2D eigenvalue weighted by Gasteiger charge is -2.20. The number of pyridine rings is 1. The van der Waals surface area contributed by atoms with E-state index in [1.165, 1.54) is 32.6 Å². The maximum atomic E-state index is 13.9. The summed E-state index contributed by atoms with van der Waals surface area (Å²) in [4.78, 5) is 43.2. The van der Waals surface area contributed by atoms with Crippen LogP contribution in [0.15, 0.2) is 75.0 Å². The topological polar surface area (TPSA) is 124 Å². The number of hydrogen-bond donors (Lipinski definition) is 2. The molecule has 0 aliphatic rings. The van der Waals surface area contributed by atoms with Crippen LogP contribution in [0.5, 0.6) is 11.5 Å². The van der Waals surface area contributed by atoms with E-state index in [4.69, 9.17) is 13.9 Å². The van der Waals surface area contributed by atoms with Crippen LogP contribution in [-0.2, 0) is 22.5 Å². The normalized spacial score (nSPS) is 12.1. The van der Waals surface area contributed by atoms with E-state index in [1.807, 2.05) is 30.5 Å². The monoisotopic (exact) mass is 528 g/mol. The number of benzene rings is 2. The number of carbonyl (C=O) groups is 1. The highest BCUT2D eigenvalue weighted by molar-refractivity contribution is 5.83. The molecule has 3 aromatic heterocycles. The zero-order chi connectivity index (χ0) is 27.7. The van der Waals surface area contributed by atoms with Gasteiger partial charge in [0.15, 0.2) is 5.43 Å². The van der Waals surface area contributed by atoms with Gasteiger partial charge in [-0.25, -0.2) is 0 Å². The predicted octanol–water partition coefficient (Wildman–Crippen LogP) is 4.40. The molecule has 3 heterocycles. The molecule has 5 aromatic rings. The summed E-state index contributed by atoms with van der Waals surface area (Å²) in [6.07, 6.45) is 3.36. The molecule has 0 radical (unpaired) electrons. The van der Waals surface area contributed by atoms with Crippen molar-refractivity contribution in [3.05, 3.63) is 104 Å². The second kappa shape index (κ2) is 10.5. The van der Waals surface area contributed by atoms with Crippen molar-refractivity contribution in [3.63, 3.8) is 0 Å². The average Bonchev–Trinajstić information content (AvgIpc) is 3.35.